The molecule has 0 saturated heterocycles. The van der Waals surface area contributed by atoms with E-state index in [1.54, 1.807) is 31.2 Å². The summed E-state index contributed by atoms with van der Waals surface area (Å²) in [6, 6.07) is 13.0. The average Bonchev–Trinajstić information content (AvgIpc) is 3.12. The van der Waals surface area contributed by atoms with Crippen LogP contribution in [0.4, 0.5) is 4.39 Å². The number of carbonyl (C=O) groups excluding carboxylic acids is 1. The molecule has 3 aromatic rings. The van der Waals surface area contributed by atoms with Crippen LogP contribution in [0.1, 0.15) is 55.6 Å². The molecular formula is C21H21FN2O3. The van der Waals surface area contributed by atoms with Gasteiger partial charge in [0.25, 0.3) is 5.89 Å². The SMILES string of the molecule is C[C@H](OC(=O)c1ccc(C(C)(C)C)cc1)c1nnc(-c2ccc(F)cc2)o1. The Morgan fingerprint density at radius 2 is 1.67 bits per heavy atom. The lowest BCUT2D eigenvalue weighted by atomic mass is 9.87. The molecule has 0 spiro atoms. The van der Waals surface area contributed by atoms with Gasteiger partial charge in [-0.3, -0.25) is 0 Å². The smallest absolute Gasteiger partial charge is 0.338 e. The topological polar surface area (TPSA) is 65.2 Å². The predicted octanol–water partition coefficient (Wildman–Crippen LogP) is 5.09. The normalized spacial score (nSPS) is 12.6. The van der Waals surface area contributed by atoms with Gasteiger partial charge in [0.1, 0.15) is 5.82 Å². The van der Waals surface area contributed by atoms with Crippen LogP contribution in [0.2, 0.25) is 0 Å². The summed E-state index contributed by atoms with van der Waals surface area (Å²) in [6.07, 6.45) is -0.707. The van der Waals surface area contributed by atoms with Crippen molar-refractivity contribution in [2.24, 2.45) is 0 Å². The van der Waals surface area contributed by atoms with Gasteiger partial charge in [-0.05, 0) is 54.3 Å². The summed E-state index contributed by atoms with van der Waals surface area (Å²) in [5, 5.41) is 7.85. The number of esters is 1. The molecule has 1 heterocycles. The Hall–Kier alpha value is -3.02. The third-order valence-corrected chi connectivity index (χ3v) is 4.15. The van der Waals surface area contributed by atoms with E-state index < -0.39 is 12.1 Å². The largest absolute Gasteiger partial charge is 0.449 e. The van der Waals surface area contributed by atoms with Gasteiger partial charge in [0, 0.05) is 5.56 Å². The van der Waals surface area contributed by atoms with E-state index in [0.717, 1.165) is 5.56 Å². The van der Waals surface area contributed by atoms with E-state index >= 15 is 0 Å². The molecule has 0 unspecified atom stereocenters. The van der Waals surface area contributed by atoms with Crippen LogP contribution < -0.4 is 0 Å². The third kappa shape index (κ3) is 4.39. The van der Waals surface area contributed by atoms with Crippen molar-refractivity contribution in [2.45, 2.75) is 39.2 Å². The molecule has 0 N–H and O–H groups in total. The third-order valence-electron chi connectivity index (χ3n) is 4.15. The van der Waals surface area contributed by atoms with E-state index in [9.17, 15) is 9.18 Å². The number of hydrogen-bond acceptors (Lipinski definition) is 5. The highest BCUT2D eigenvalue weighted by Crippen LogP contribution is 2.25. The summed E-state index contributed by atoms with van der Waals surface area (Å²) in [5.74, 6) is -0.404. The summed E-state index contributed by atoms with van der Waals surface area (Å²) in [4.78, 5) is 12.3. The van der Waals surface area contributed by atoms with E-state index in [1.807, 2.05) is 12.1 Å². The van der Waals surface area contributed by atoms with Crippen LogP contribution in [0.15, 0.2) is 52.9 Å². The molecule has 140 valence electrons. The Morgan fingerprint density at radius 3 is 2.26 bits per heavy atom. The Labute approximate surface area is 157 Å². The lowest BCUT2D eigenvalue weighted by molar-refractivity contribution is 0.0280. The molecule has 1 aromatic heterocycles. The van der Waals surface area contributed by atoms with Gasteiger partial charge in [0.15, 0.2) is 6.10 Å². The minimum absolute atomic E-state index is 0.0102. The number of hydrogen-bond donors (Lipinski definition) is 0. The second-order valence-electron chi connectivity index (χ2n) is 7.33. The summed E-state index contributed by atoms with van der Waals surface area (Å²) in [7, 11) is 0. The van der Waals surface area contributed by atoms with E-state index in [2.05, 4.69) is 31.0 Å². The van der Waals surface area contributed by atoms with Crippen LogP contribution in [0.25, 0.3) is 11.5 Å². The van der Waals surface area contributed by atoms with E-state index in [0.29, 0.717) is 11.1 Å². The van der Waals surface area contributed by atoms with Gasteiger partial charge in [-0.15, -0.1) is 10.2 Å². The summed E-state index contributed by atoms with van der Waals surface area (Å²) in [6.45, 7) is 7.98. The molecule has 0 saturated carbocycles. The number of benzene rings is 2. The fourth-order valence-electron chi connectivity index (χ4n) is 2.49. The van der Waals surface area contributed by atoms with Gasteiger partial charge in [0.05, 0.1) is 5.56 Å². The molecule has 0 fully saturated rings. The molecule has 2 aromatic carbocycles. The maximum absolute atomic E-state index is 13.0. The molecule has 6 heteroatoms. The van der Waals surface area contributed by atoms with Crippen molar-refractivity contribution in [1.29, 1.82) is 0 Å². The fourth-order valence-corrected chi connectivity index (χ4v) is 2.49. The van der Waals surface area contributed by atoms with Crippen molar-refractivity contribution in [3.8, 4) is 11.5 Å². The van der Waals surface area contributed by atoms with Gasteiger partial charge in [-0.25, -0.2) is 9.18 Å². The molecule has 5 nitrogen and oxygen atoms in total. The number of carbonyl (C=O) groups is 1. The standard InChI is InChI=1S/C21H21FN2O3/c1-13(18-23-24-19(27-18)14-7-11-17(22)12-8-14)26-20(25)15-5-9-16(10-6-15)21(2,3)4/h5-13H,1-4H3/t13-/m0/s1. The summed E-state index contributed by atoms with van der Waals surface area (Å²) >= 11 is 0. The molecule has 0 radical (unpaired) electrons. The minimum Gasteiger partial charge on any atom is -0.449 e. The first-order valence-electron chi connectivity index (χ1n) is 8.65. The number of halogens is 1. The Bertz CT molecular complexity index is 925. The minimum atomic E-state index is -0.707. The monoisotopic (exact) mass is 368 g/mol. The van der Waals surface area contributed by atoms with Crippen molar-refractivity contribution in [2.75, 3.05) is 0 Å². The lowest BCUT2D eigenvalue weighted by Crippen LogP contribution is -2.13. The maximum atomic E-state index is 13.0. The van der Waals surface area contributed by atoms with Gasteiger partial charge in [-0.2, -0.15) is 0 Å². The molecule has 27 heavy (non-hydrogen) atoms. The van der Waals surface area contributed by atoms with E-state index in [-0.39, 0.29) is 23.0 Å². The van der Waals surface area contributed by atoms with Gasteiger partial charge >= 0.3 is 5.97 Å². The zero-order valence-corrected chi connectivity index (χ0v) is 15.7. The molecule has 0 bridgehead atoms. The van der Waals surface area contributed by atoms with Crippen molar-refractivity contribution in [1.82, 2.24) is 10.2 Å². The van der Waals surface area contributed by atoms with E-state index in [1.165, 1.54) is 12.1 Å². The highest BCUT2D eigenvalue weighted by Gasteiger charge is 2.21. The number of nitrogens with zero attached hydrogens (tertiary/aromatic N) is 2. The first-order valence-corrected chi connectivity index (χ1v) is 8.65. The number of aromatic nitrogens is 2. The zero-order chi connectivity index (χ0) is 19.6. The van der Waals surface area contributed by atoms with Crippen molar-refractivity contribution >= 4 is 5.97 Å². The molecule has 0 aliphatic carbocycles. The van der Waals surface area contributed by atoms with Crippen molar-refractivity contribution < 1.29 is 18.3 Å². The quantitative estimate of drug-likeness (QED) is 0.600. The van der Waals surface area contributed by atoms with Gasteiger partial charge < -0.3 is 9.15 Å². The first kappa shape index (κ1) is 18.8. The molecule has 0 aliphatic rings. The number of rotatable bonds is 4. The Balaban J connectivity index is 1.69. The maximum Gasteiger partial charge on any atom is 0.338 e. The van der Waals surface area contributed by atoms with Crippen LogP contribution in [-0.2, 0) is 10.2 Å². The molecule has 3 rings (SSSR count). The number of ether oxygens (including phenoxy) is 1. The average molecular weight is 368 g/mol. The van der Waals surface area contributed by atoms with Crippen molar-refractivity contribution in [3.05, 3.63) is 71.4 Å². The van der Waals surface area contributed by atoms with Crippen LogP contribution in [0.5, 0.6) is 0 Å². The van der Waals surface area contributed by atoms with E-state index in [4.69, 9.17) is 9.15 Å². The van der Waals surface area contributed by atoms with Crippen LogP contribution in [-0.4, -0.2) is 16.2 Å². The Kier molecular flexibility index (Phi) is 5.08. The first-order chi connectivity index (χ1) is 12.7. The highest BCUT2D eigenvalue weighted by molar-refractivity contribution is 5.89. The lowest BCUT2D eigenvalue weighted by Gasteiger charge is -2.19. The molecular weight excluding hydrogens is 347 g/mol. The van der Waals surface area contributed by atoms with Crippen molar-refractivity contribution in [3.63, 3.8) is 0 Å². The summed E-state index contributed by atoms with van der Waals surface area (Å²) in [5.41, 5.74) is 2.18. The van der Waals surface area contributed by atoms with Crippen LogP contribution >= 0.6 is 0 Å². The van der Waals surface area contributed by atoms with Gasteiger partial charge in [-0.1, -0.05) is 32.9 Å². The second-order valence-corrected chi connectivity index (χ2v) is 7.33. The van der Waals surface area contributed by atoms with Crippen LogP contribution in [0.3, 0.4) is 0 Å². The Morgan fingerprint density at radius 1 is 1.04 bits per heavy atom. The predicted molar refractivity (Wildman–Crippen MR) is 98.7 cm³/mol. The molecule has 0 amide bonds. The van der Waals surface area contributed by atoms with Gasteiger partial charge in [0.2, 0.25) is 5.89 Å². The second kappa shape index (κ2) is 7.31. The van der Waals surface area contributed by atoms with Crippen LogP contribution in [0, 0.1) is 5.82 Å². The highest BCUT2D eigenvalue weighted by atomic mass is 19.1. The zero-order valence-electron chi connectivity index (χ0n) is 15.7. The molecule has 0 aliphatic heterocycles. The fraction of sp³-hybridized carbons (Fsp3) is 0.286. The summed E-state index contributed by atoms with van der Waals surface area (Å²) < 4.78 is 24.0. The molecule has 1 atom stereocenters.